The molecule has 1 amide bonds. The SMILES string of the molecule is CC(C)(C)CCC(NC(=O)c1cnn2c1CCCC2)C(=O)O. The number of rotatable bonds is 5. The summed E-state index contributed by atoms with van der Waals surface area (Å²) in [5, 5.41) is 16.2. The smallest absolute Gasteiger partial charge is 0.326 e. The van der Waals surface area contributed by atoms with E-state index in [2.05, 4.69) is 31.2 Å². The van der Waals surface area contributed by atoms with Crippen LogP contribution in [0, 0.1) is 5.41 Å². The van der Waals surface area contributed by atoms with E-state index < -0.39 is 12.0 Å². The van der Waals surface area contributed by atoms with Crippen molar-refractivity contribution in [2.75, 3.05) is 0 Å². The number of hydrogen-bond donors (Lipinski definition) is 2. The van der Waals surface area contributed by atoms with Crippen molar-refractivity contribution in [1.82, 2.24) is 15.1 Å². The molecule has 0 aromatic carbocycles. The summed E-state index contributed by atoms with van der Waals surface area (Å²) in [5.74, 6) is -1.32. The lowest BCUT2D eigenvalue weighted by Gasteiger charge is -2.22. The predicted molar refractivity (Wildman–Crippen MR) is 82.7 cm³/mol. The van der Waals surface area contributed by atoms with E-state index in [9.17, 15) is 14.7 Å². The molecule has 2 N–H and O–H groups in total. The van der Waals surface area contributed by atoms with Crippen LogP contribution in [-0.2, 0) is 17.8 Å². The first-order valence-corrected chi connectivity index (χ1v) is 7.86. The van der Waals surface area contributed by atoms with Gasteiger partial charge >= 0.3 is 5.97 Å². The Morgan fingerprint density at radius 2 is 2.14 bits per heavy atom. The van der Waals surface area contributed by atoms with Crippen molar-refractivity contribution in [3.63, 3.8) is 0 Å². The number of nitrogens with one attached hydrogen (secondary N) is 1. The van der Waals surface area contributed by atoms with E-state index in [1.54, 1.807) is 6.20 Å². The Kier molecular flexibility index (Phi) is 4.88. The largest absolute Gasteiger partial charge is 0.480 e. The first kappa shape index (κ1) is 16.5. The molecule has 0 saturated heterocycles. The number of fused-ring (bicyclic) bond motifs is 1. The van der Waals surface area contributed by atoms with E-state index >= 15 is 0 Å². The average Bonchev–Trinajstić information content (AvgIpc) is 2.85. The van der Waals surface area contributed by atoms with Gasteiger partial charge in [-0.2, -0.15) is 5.10 Å². The van der Waals surface area contributed by atoms with Gasteiger partial charge in [-0.15, -0.1) is 0 Å². The number of carboxylic acids is 1. The van der Waals surface area contributed by atoms with Crippen LogP contribution in [0.15, 0.2) is 6.20 Å². The second-order valence-corrected chi connectivity index (χ2v) is 7.15. The maximum absolute atomic E-state index is 12.4. The van der Waals surface area contributed by atoms with Gasteiger partial charge in [0.2, 0.25) is 0 Å². The van der Waals surface area contributed by atoms with E-state index in [4.69, 9.17) is 0 Å². The normalized spacial score (nSPS) is 16.0. The molecule has 6 heteroatoms. The van der Waals surface area contributed by atoms with Crippen LogP contribution in [0.5, 0.6) is 0 Å². The average molecular weight is 307 g/mol. The number of aryl methyl sites for hydroxylation is 1. The first-order valence-electron chi connectivity index (χ1n) is 7.86. The minimum Gasteiger partial charge on any atom is -0.480 e. The van der Waals surface area contributed by atoms with Gasteiger partial charge in [0.1, 0.15) is 6.04 Å². The third-order valence-corrected chi connectivity index (χ3v) is 4.01. The molecule has 22 heavy (non-hydrogen) atoms. The summed E-state index contributed by atoms with van der Waals surface area (Å²) < 4.78 is 1.85. The van der Waals surface area contributed by atoms with Crippen LogP contribution in [-0.4, -0.2) is 32.8 Å². The molecule has 1 unspecified atom stereocenters. The highest BCUT2D eigenvalue weighted by atomic mass is 16.4. The highest BCUT2D eigenvalue weighted by molar-refractivity contribution is 5.97. The fraction of sp³-hybridized carbons (Fsp3) is 0.688. The van der Waals surface area contributed by atoms with Gasteiger partial charge in [-0.1, -0.05) is 20.8 Å². The zero-order valence-corrected chi connectivity index (χ0v) is 13.6. The van der Waals surface area contributed by atoms with Crippen molar-refractivity contribution in [3.05, 3.63) is 17.5 Å². The minimum atomic E-state index is -0.987. The predicted octanol–water partition coefficient (Wildman–Crippen LogP) is 2.23. The molecule has 1 atom stereocenters. The molecule has 0 spiro atoms. The van der Waals surface area contributed by atoms with Crippen LogP contribution in [0.4, 0.5) is 0 Å². The zero-order valence-electron chi connectivity index (χ0n) is 13.6. The van der Waals surface area contributed by atoms with Crippen molar-refractivity contribution in [3.8, 4) is 0 Å². The molecule has 0 saturated carbocycles. The molecule has 0 radical (unpaired) electrons. The number of nitrogens with zero attached hydrogens (tertiary/aromatic N) is 2. The summed E-state index contributed by atoms with van der Waals surface area (Å²) in [5.41, 5.74) is 1.47. The van der Waals surface area contributed by atoms with Crippen LogP contribution in [0.2, 0.25) is 0 Å². The lowest BCUT2D eigenvalue weighted by molar-refractivity contribution is -0.139. The number of aliphatic carboxylic acids is 1. The topological polar surface area (TPSA) is 84.2 Å². The molecule has 0 aliphatic carbocycles. The van der Waals surface area contributed by atoms with Crippen molar-refractivity contribution in [2.24, 2.45) is 5.41 Å². The molecule has 2 rings (SSSR count). The van der Waals surface area contributed by atoms with Crippen LogP contribution >= 0.6 is 0 Å². The van der Waals surface area contributed by atoms with Gasteiger partial charge in [0.05, 0.1) is 17.5 Å². The van der Waals surface area contributed by atoms with Crippen LogP contribution in [0.25, 0.3) is 0 Å². The fourth-order valence-corrected chi connectivity index (χ4v) is 2.68. The number of carbonyl (C=O) groups is 2. The number of carbonyl (C=O) groups excluding carboxylic acids is 1. The first-order chi connectivity index (χ1) is 10.3. The molecule has 0 bridgehead atoms. The van der Waals surface area contributed by atoms with Crippen LogP contribution < -0.4 is 5.32 Å². The van der Waals surface area contributed by atoms with Gasteiger partial charge in [-0.05, 0) is 37.5 Å². The lowest BCUT2D eigenvalue weighted by Crippen LogP contribution is -2.41. The van der Waals surface area contributed by atoms with E-state index in [1.807, 2.05) is 4.68 Å². The second kappa shape index (κ2) is 6.50. The Morgan fingerprint density at radius 3 is 2.77 bits per heavy atom. The molecular weight excluding hydrogens is 282 g/mol. The van der Waals surface area contributed by atoms with Crippen molar-refractivity contribution >= 4 is 11.9 Å². The lowest BCUT2D eigenvalue weighted by atomic mass is 9.88. The third kappa shape index (κ3) is 4.08. The Labute approximate surface area is 130 Å². The molecular formula is C16H25N3O3. The molecule has 1 aliphatic heterocycles. The molecule has 122 valence electrons. The molecule has 1 aromatic rings. The Hall–Kier alpha value is -1.85. The molecule has 0 fully saturated rings. The van der Waals surface area contributed by atoms with Gasteiger partial charge in [0.15, 0.2) is 0 Å². The number of hydrogen-bond acceptors (Lipinski definition) is 3. The van der Waals surface area contributed by atoms with Crippen molar-refractivity contribution < 1.29 is 14.7 Å². The van der Waals surface area contributed by atoms with Crippen LogP contribution in [0.1, 0.15) is 62.5 Å². The summed E-state index contributed by atoms with van der Waals surface area (Å²) in [6, 6.07) is -0.856. The Balaban J connectivity index is 2.05. The summed E-state index contributed by atoms with van der Waals surface area (Å²) in [7, 11) is 0. The van der Waals surface area contributed by atoms with E-state index in [0.717, 1.165) is 37.9 Å². The monoisotopic (exact) mass is 307 g/mol. The third-order valence-electron chi connectivity index (χ3n) is 4.01. The summed E-state index contributed by atoms with van der Waals surface area (Å²) in [6.45, 7) is 7.00. The fourth-order valence-electron chi connectivity index (χ4n) is 2.68. The Bertz CT molecular complexity index is 557. The van der Waals surface area contributed by atoms with Crippen molar-refractivity contribution in [2.45, 2.75) is 65.5 Å². The van der Waals surface area contributed by atoms with Gasteiger partial charge in [-0.25, -0.2) is 4.79 Å². The minimum absolute atomic E-state index is 0.0370. The summed E-state index contributed by atoms with van der Waals surface area (Å²) in [4.78, 5) is 23.8. The van der Waals surface area contributed by atoms with E-state index in [0.29, 0.717) is 12.0 Å². The van der Waals surface area contributed by atoms with Gasteiger partial charge in [0.25, 0.3) is 5.91 Å². The number of amides is 1. The highest BCUT2D eigenvalue weighted by Crippen LogP contribution is 2.22. The number of aromatic nitrogens is 2. The molecule has 2 heterocycles. The number of carboxylic acid groups (broad SMARTS) is 1. The zero-order chi connectivity index (χ0) is 16.3. The highest BCUT2D eigenvalue weighted by Gasteiger charge is 2.26. The second-order valence-electron chi connectivity index (χ2n) is 7.15. The van der Waals surface area contributed by atoms with Gasteiger partial charge < -0.3 is 10.4 Å². The standard InChI is InChI=1S/C16H25N3O3/c1-16(2,3)8-7-12(15(21)22)18-14(20)11-10-17-19-9-5-4-6-13(11)19/h10,12H,4-9H2,1-3H3,(H,18,20)(H,21,22). The Morgan fingerprint density at radius 1 is 1.41 bits per heavy atom. The molecule has 6 nitrogen and oxygen atoms in total. The summed E-state index contributed by atoms with van der Waals surface area (Å²) in [6.07, 6.45) is 5.64. The van der Waals surface area contributed by atoms with Gasteiger partial charge in [-0.3, -0.25) is 9.48 Å². The maximum atomic E-state index is 12.4. The van der Waals surface area contributed by atoms with E-state index in [-0.39, 0.29) is 11.3 Å². The summed E-state index contributed by atoms with van der Waals surface area (Å²) >= 11 is 0. The quantitative estimate of drug-likeness (QED) is 0.873. The van der Waals surface area contributed by atoms with Gasteiger partial charge in [0, 0.05) is 6.54 Å². The molecule has 1 aliphatic rings. The molecule has 1 aromatic heterocycles. The van der Waals surface area contributed by atoms with Crippen LogP contribution in [0.3, 0.4) is 0 Å². The van der Waals surface area contributed by atoms with Crippen molar-refractivity contribution in [1.29, 1.82) is 0 Å². The van der Waals surface area contributed by atoms with E-state index in [1.165, 1.54) is 0 Å². The maximum Gasteiger partial charge on any atom is 0.326 e.